The molecule has 27 N–H and O–H groups in total. The fourth-order valence-corrected chi connectivity index (χ4v) is 15.3. The van der Waals surface area contributed by atoms with E-state index in [1.54, 1.807) is 111 Å². The Balaban J connectivity index is 0.878. The number of carboxylic acids is 2. The van der Waals surface area contributed by atoms with Gasteiger partial charge in [0.1, 0.15) is 72.2 Å². The Morgan fingerprint density at radius 1 is 0.480 bits per heavy atom. The molecule has 674 valence electrons. The van der Waals surface area contributed by atoms with Crippen LogP contribution in [-0.4, -0.2) is 226 Å². The highest BCUT2D eigenvalue weighted by Crippen LogP contribution is 2.26. The molecule has 5 aromatic carbocycles. The van der Waals surface area contributed by atoms with Gasteiger partial charge in [-0.15, -0.1) is 0 Å². The largest absolute Gasteiger partial charge is 0.508 e. The Hall–Kier alpha value is -14.5. The van der Waals surface area contributed by atoms with Gasteiger partial charge in [0.2, 0.25) is 70.9 Å². The molecule has 1 aliphatic rings. The standard InChI is InChI=1S/C88H110N22O17/c1-48(2)34-65(78(117)101-64(87(126)127)24-12-13-31-89)103-79(118)67(36-50-27-29-55(111)30-28-50)104-82(121)69(39-53-45-98-62-23-11-8-20-58(53)62)106-80(119)66(35-49-16-4-3-5-17-49)105-84(123)71(42-75(113)114)108-85(124)73-26-15-33-110(73)86(125)72(41-74(91)112)109-77(116)63(25-14-32-95-88(92)93)100-81(120)68(38-52-44-97-61-22-10-7-19-57(52)61)107-83(122)70(40-54-46-94-47-99-54)102-76(115)59(90)37-51-43-96-60-21-9-6-18-56(51)60/h3-11,16-23,27-30,43-48,59,63-73,96-98,111H,12-15,24-26,31-42,89-90H2,1-2H3,(H2,91,112)(H,94,99)(H,100,120)(H,101,117)(H,102,115)(H,103,118)(H,104,121)(H,105,123)(H,106,119)(H,107,122)(H,108,124)(H,109,116)(H,113,114)(H,126,127)(H4,92,93,95)/t59-,63-,64-,65-,66-,67-,68-,69-,70-,71-,72-,73-/m0/s1. The number of para-hydroxylation sites is 3. The van der Waals surface area contributed by atoms with E-state index in [0.717, 1.165) is 21.4 Å². The molecule has 12 amide bonds. The number of phenols is 1. The summed E-state index contributed by atoms with van der Waals surface area (Å²) in [6, 6.07) is 16.8. The number of carbonyl (C=O) groups is 14. The van der Waals surface area contributed by atoms with Gasteiger partial charge in [0.15, 0.2) is 5.96 Å². The Bertz CT molecular complexity index is 5370. The van der Waals surface area contributed by atoms with Crippen LogP contribution < -0.4 is 81.4 Å². The van der Waals surface area contributed by atoms with E-state index in [0.29, 0.717) is 62.6 Å². The number of carboxylic acid groups (broad SMARTS) is 2. The molecule has 39 heteroatoms. The number of rotatable bonds is 48. The van der Waals surface area contributed by atoms with E-state index >= 15 is 24.0 Å². The summed E-state index contributed by atoms with van der Waals surface area (Å²) in [5, 5.41) is 69.8. The van der Waals surface area contributed by atoms with Crippen molar-refractivity contribution in [1.82, 2.24) is 88.3 Å². The molecule has 127 heavy (non-hydrogen) atoms. The van der Waals surface area contributed by atoms with Gasteiger partial charge in [-0.2, -0.15) is 0 Å². The van der Waals surface area contributed by atoms with Gasteiger partial charge in [-0.1, -0.05) is 111 Å². The number of unbranched alkanes of at least 4 members (excludes halogenated alkanes) is 1. The molecular weight excluding hydrogens is 1640 g/mol. The van der Waals surface area contributed by atoms with E-state index in [1.165, 1.54) is 36.8 Å². The topological polar surface area (TPSA) is 639 Å². The molecule has 0 saturated carbocycles. The van der Waals surface area contributed by atoms with Crippen molar-refractivity contribution in [3.63, 3.8) is 0 Å². The highest BCUT2D eigenvalue weighted by molar-refractivity contribution is 6.02. The molecule has 9 aromatic rings. The first-order valence-electron chi connectivity index (χ1n) is 41.9. The van der Waals surface area contributed by atoms with E-state index < -0.39 is 174 Å². The first-order valence-corrected chi connectivity index (χ1v) is 41.9. The summed E-state index contributed by atoms with van der Waals surface area (Å²) in [5.74, 6) is -15.5. The number of benzene rings is 5. The summed E-state index contributed by atoms with van der Waals surface area (Å²) in [5.41, 5.74) is 28.7. The van der Waals surface area contributed by atoms with Crippen LogP contribution in [0, 0.1) is 11.3 Å². The lowest BCUT2D eigenvalue weighted by molar-refractivity contribution is -0.144. The van der Waals surface area contributed by atoms with Gasteiger partial charge in [-0.25, -0.2) is 9.78 Å². The molecule has 1 aliphatic heterocycles. The summed E-state index contributed by atoms with van der Waals surface area (Å²) < 4.78 is 0. The van der Waals surface area contributed by atoms with Crippen molar-refractivity contribution < 1.29 is 82.4 Å². The number of H-pyrrole nitrogens is 4. The SMILES string of the molecule is CC(C)C[C@H](NC(=O)[C@H](Cc1ccc(O)cc1)NC(=O)[C@H](Cc1c[nH]c2ccccc12)NC(=O)[C@H](Cc1ccccc1)NC(=O)[C@H](CC(=O)O)NC(=O)[C@@H]1CCCN1C(=O)[C@H](CC(N)=O)NC(=O)[C@H](CCCNC(=N)N)NC(=O)[C@H](Cc1c[nH]c2ccccc12)NC(=O)[C@H](Cc1c[nH]cn1)NC(=O)[C@@H](N)Cc1c[nH]c2ccccc12)C(=O)N[C@@H](CCCCN)C(=O)O. The summed E-state index contributed by atoms with van der Waals surface area (Å²) in [6.45, 7) is 3.60. The number of nitrogens with two attached hydrogens (primary N) is 4. The number of fused-ring (bicyclic) bond motifs is 3. The van der Waals surface area contributed by atoms with Crippen LogP contribution in [0.2, 0.25) is 0 Å². The smallest absolute Gasteiger partial charge is 0.326 e. The Morgan fingerprint density at radius 3 is 1.42 bits per heavy atom. The van der Waals surface area contributed by atoms with Crippen molar-refractivity contribution in [1.29, 1.82) is 5.41 Å². The number of hydrogen-bond acceptors (Lipinski definition) is 19. The van der Waals surface area contributed by atoms with Gasteiger partial charge < -0.3 is 122 Å². The predicted molar refractivity (Wildman–Crippen MR) is 467 cm³/mol. The number of imidazole rings is 1. The molecule has 0 bridgehead atoms. The summed E-state index contributed by atoms with van der Waals surface area (Å²) in [6.07, 6.45) is 5.28. The second-order valence-corrected chi connectivity index (χ2v) is 31.9. The van der Waals surface area contributed by atoms with Gasteiger partial charge in [0, 0.05) is 103 Å². The maximum atomic E-state index is 15.3. The van der Waals surface area contributed by atoms with Crippen molar-refractivity contribution in [3.8, 4) is 5.75 Å². The third-order valence-electron chi connectivity index (χ3n) is 21.8. The van der Waals surface area contributed by atoms with E-state index in [1.807, 2.05) is 24.3 Å². The maximum absolute atomic E-state index is 15.3. The minimum atomic E-state index is -2.01. The number of aromatic hydroxyl groups is 1. The molecule has 10 rings (SSSR count). The lowest BCUT2D eigenvalue weighted by atomic mass is 9.99. The van der Waals surface area contributed by atoms with Crippen LogP contribution >= 0.6 is 0 Å². The fraction of sp³-hybridized carbons (Fsp3) is 0.386. The quantitative estimate of drug-likeness (QED) is 0.0139. The van der Waals surface area contributed by atoms with E-state index in [2.05, 4.69) is 83.4 Å². The maximum Gasteiger partial charge on any atom is 0.326 e. The van der Waals surface area contributed by atoms with Crippen molar-refractivity contribution in [2.24, 2.45) is 28.9 Å². The van der Waals surface area contributed by atoms with Crippen LogP contribution in [0.4, 0.5) is 0 Å². The van der Waals surface area contributed by atoms with Gasteiger partial charge in [-0.3, -0.25) is 67.7 Å². The zero-order chi connectivity index (χ0) is 91.4. The minimum absolute atomic E-state index is 0.0112. The van der Waals surface area contributed by atoms with Crippen LogP contribution in [0.25, 0.3) is 32.7 Å². The molecule has 0 unspecified atom stereocenters. The summed E-state index contributed by atoms with van der Waals surface area (Å²) in [7, 11) is 0. The molecule has 39 nitrogen and oxygen atoms in total. The highest BCUT2D eigenvalue weighted by atomic mass is 16.4. The van der Waals surface area contributed by atoms with Gasteiger partial charge in [0.05, 0.1) is 30.9 Å². The molecule has 12 atom stereocenters. The average Bonchev–Trinajstić information content (AvgIpc) is 1.87. The van der Waals surface area contributed by atoms with Crippen LogP contribution in [0.3, 0.4) is 0 Å². The number of phenolic OH excluding ortho intramolecular Hbond substituents is 1. The molecule has 0 spiro atoms. The summed E-state index contributed by atoms with van der Waals surface area (Å²) >= 11 is 0. The molecule has 0 aliphatic carbocycles. The number of nitrogens with one attached hydrogen (secondary N) is 16. The molecule has 5 heterocycles. The number of likely N-dealkylation sites (tertiary alicyclic amines) is 1. The van der Waals surface area contributed by atoms with E-state index in [4.69, 9.17) is 28.3 Å². The third kappa shape index (κ3) is 27.5. The first kappa shape index (κ1) is 94.7. The third-order valence-corrected chi connectivity index (χ3v) is 21.8. The molecule has 4 aromatic heterocycles. The van der Waals surface area contributed by atoms with Crippen molar-refractivity contribution >= 4 is 121 Å². The first-order chi connectivity index (χ1) is 60.9. The van der Waals surface area contributed by atoms with Crippen molar-refractivity contribution in [3.05, 3.63) is 192 Å². The summed E-state index contributed by atoms with van der Waals surface area (Å²) in [4.78, 5) is 219. The lowest BCUT2D eigenvalue weighted by Crippen LogP contribution is -2.61. The van der Waals surface area contributed by atoms with Crippen molar-refractivity contribution in [2.45, 2.75) is 189 Å². The Morgan fingerprint density at radius 2 is 0.921 bits per heavy atom. The lowest BCUT2D eigenvalue weighted by Gasteiger charge is -2.31. The normalized spacial score (nSPS) is 15.1. The minimum Gasteiger partial charge on any atom is -0.508 e. The molecular formula is C88H110N22O17. The number of primary amides is 1. The zero-order valence-corrected chi connectivity index (χ0v) is 70.2. The number of aromatic nitrogens is 5. The number of amides is 12. The van der Waals surface area contributed by atoms with Gasteiger partial charge in [-0.05, 0) is 128 Å². The number of carbonyl (C=O) groups excluding carboxylic acids is 12. The Labute approximate surface area is 729 Å². The van der Waals surface area contributed by atoms with Crippen LogP contribution in [0.1, 0.15) is 112 Å². The van der Waals surface area contributed by atoms with Gasteiger partial charge in [0.25, 0.3) is 0 Å². The molecule has 0 radical (unpaired) electrons. The second-order valence-electron chi connectivity index (χ2n) is 31.9. The molecule has 1 fully saturated rings. The van der Waals surface area contributed by atoms with E-state index in [9.17, 15) is 58.5 Å². The number of aromatic amines is 4. The monoisotopic (exact) mass is 1750 g/mol. The van der Waals surface area contributed by atoms with Crippen molar-refractivity contribution in [2.75, 3.05) is 19.6 Å². The highest BCUT2D eigenvalue weighted by Gasteiger charge is 2.43. The average molecular weight is 1750 g/mol. The zero-order valence-electron chi connectivity index (χ0n) is 70.2. The van der Waals surface area contributed by atoms with Gasteiger partial charge >= 0.3 is 11.9 Å². The number of guanidine groups is 1. The Kier molecular flexibility index (Phi) is 34.1. The van der Waals surface area contributed by atoms with Crippen LogP contribution in [0.5, 0.6) is 5.75 Å². The fourth-order valence-electron chi connectivity index (χ4n) is 15.3. The number of nitrogens with zero attached hydrogens (tertiary/aromatic N) is 2. The number of hydrogen-bond donors (Lipinski definition) is 23. The van der Waals surface area contributed by atoms with Crippen LogP contribution in [0.15, 0.2) is 159 Å². The molecule has 1 saturated heterocycles. The van der Waals surface area contributed by atoms with E-state index in [-0.39, 0.29) is 108 Å². The van der Waals surface area contributed by atoms with Crippen LogP contribution in [-0.2, 0) is 106 Å². The number of aliphatic carboxylic acids is 2. The second kappa shape index (κ2) is 45.8. The predicted octanol–water partition coefficient (Wildman–Crippen LogP) is 0.355.